The van der Waals surface area contributed by atoms with Gasteiger partial charge in [-0.15, -0.1) is 5.10 Å². The molecule has 13 heavy (non-hydrogen) atoms. The van der Waals surface area contributed by atoms with Gasteiger partial charge in [0.25, 0.3) is 0 Å². The Labute approximate surface area is 75.8 Å². The van der Waals surface area contributed by atoms with E-state index in [1.807, 2.05) is 6.07 Å². The quantitative estimate of drug-likeness (QED) is 0.625. The number of aliphatic hydroxyl groups excluding tert-OH is 1. The first-order chi connectivity index (χ1) is 6.31. The van der Waals surface area contributed by atoms with Crippen molar-refractivity contribution in [2.45, 2.75) is 12.6 Å². The van der Waals surface area contributed by atoms with Crippen molar-refractivity contribution in [1.82, 2.24) is 20.3 Å². The second-order valence-electron chi connectivity index (χ2n) is 2.48. The highest BCUT2D eigenvalue weighted by Crippen LogP contribution is 2.05. The number of nitriles is 1. The highest BCUT2D eigenvalue weighted by molar-refractivity contribution is 5.10. The molecular formula is C7H11N5O. The van der Waals surface area contributed by atoms with Crippen LogP contribution < -0.4 is 5.32 Å². The first kappa shape index (κ1) is 9.64. The number of aromatic nitrogens is 3. The number of aliphatic hydroxyl groups is 1. The van der Waals surface area contributed by atoms with Gasteiger partial charge < -0.3 is 5.11 Å². The van der Waals surface area contributed by atoms with E-state index in [4.69, 9.17) is 10.4 Å². The average Bonchev–Trinajstić information content (AvgIpc) is 2.56. The van der Waals surface area contributed by atoms with Gasteiger partial charge in [0.05, 0.1) is 25.4 Å². The fourth-order valence-corrected chi connectivity index (χ4v) is 0.936. The highest BCUT2D eigenvalue weighted by atomic mass is 16.3. The minimum atomic E-state index is -0.438. The number of nitrogens with one attached hydrogen (secondary N) is 1. The van der Waals surface area contributed by atoms with Crippen molar-refractivity contribution in [3.05, 3.63) is 11.9 Å². The third kappa shape index (κ3) is 2.24. The summed E-state index contributed by atoms with van der Waals surface area (Å²) in [5.74, 6) is 0. The molecule has 1 heterocycles. The van der Waals surface area contributed by atoms with Gasteiger partial charge in [-0.25, -0.2) is 4.68 Å². The van der Waals surface area contributed by atoms with Crippen LogP contribution in [-0.4, -0.2) is 33.8 Å². The van der Waals surface area contributed by atoms with Gasteiger partial charge in [-0.3, -0.25) is 5.32 Å². The maximum atomic E-state index is 8.68. The highest BCUT2D eigenvalue weighted by Gasteiger charge is 2.11. The van der Waals surface area contributed by atoms with Gasteiger partial charge in [0, 0.05) is 0 Å². The number of rotatable bonds is 4. The Morgan fingerprint density at radius 1 is 1.85 bits per heavy atom. The first-order valence-electron chi connectivity index (χ1n) is 3.89. The van der Waals surface area contributed by atoms with Crippen molar-refractivity contribution >= 4 is 0 Å². The van der Waals surface area contributed by atoms with E-state index in [9.17, 15) is 0 Å². The molecular weight excluding hydrogens is 170 g/mol. The molecule has 0 bridgehead atoms. The molecule has 0 amide bonds. The van der Waals surface area contributed by atoms with E-state index in [-0.39, 0.29) is 6.61 Å². The van der Waals surface area contributed by atoms with E-state index in [0.717, 1.165) is 0 Å². The van der Waals surface area contributed by atoms with Crippen LogP contribution in [0.4, 0.5) is 0 Å². The molecule has 0 radical (unpaired) electrons. The normalized spacial score (nSPS) is 12.4. The van der Waals surface area contributed by atoms with Crippen molar-refractivity contribution in [3.8, 4) is 6.07 Å². The Bertz CT molecular complexity index is 302. The number of hydrogen-bond acceptors (Lipinski definition) is 5. The second-order valence-corrected chi connectivity index (χ2v) is 2.48. The molecule has 6 heteroatoms. The van der Waals surface area contributed by atoms with Gasteiger partial charge in [0.1, 0.15) is 11.7 Å². The fourth-order valence-electron chi connectivity index (χ4n) is 0.936. The van der Waals surface area contributed by atoms with Crippen LogP contribution in [0.15, 0.2) is 6.20 Å². The molecule has 0 aliphatic rings. The molecule has 0 aliphatic heterocycles. The van der Waals surface area contributed by atoms with Crippen LogP contribution in [0.3, 0.4) is 0 Å². The van der Waals surface area contributed by atoms with Crippen LogP contribution in [0.2, 0.25) is 0 Å². The standard InChI is InChI=1S/C7H11N5O/c1-9-6(4-8)7-5-12(2-3-13)11-10-7/h5-6,9,13H,2-3H2,1H3. The Kier molecular flexibility index (Phi) is 3.37. The molecule has 1 unspecified atom stereocenters. The van der Waals surface area contributed by atoms with Crippen LogP contribution in [0.1, 0.15) is 11.7 Å². The molecule has 0 aromatic carbocycles. The Hall–Kier alpha value is -1.45. The summed E-state index contributed by atoms with van der Waals surface area (Å²) in [5.41, 5.74) is 0.568. The van der Waals surface area contributed by atoms with Gasteiger partial charge in [0.2, 0.25) is 0 Å². The van der Waals surface area contributed by atoms with E-state index in [1.165, 1.54) is 4.68 Å². The lowest BCUT2D eigenvalue weighted by Crippen LogP contribution is -2.14. The molecule has 70 valence electrons. The van der Waals surface area contributed by atoms with Gasteiger partial charge in [-0.1, -0.05) is 5.21 Å². The molecule has 1 aromatic rings. The van der Waals surface area contributed by atoms with Crippen molar-refractivity contribution in [3.63, 3.8) is 0 Å². The predicted molar refractivity (Wildman–Crippen MR) is 44.5 cm³/mol. The van der Waals surface area contributed by atoms with Crippen molar-refractivity contribution in [1.29, 1.82) is 5.26 Å². The maximum absolute atomic E-state index is 8.68. The molecule has 0 fully saturated rings. The van der Waals surface area contributed by atoms with Gasteiger partial charge in [0.15, 0.2) is 0 Å². The number of nitrogens with zero attached hydrogens (tertiary/aromatic N) is 4. The lowest BCUT2D eigenvalue weighted by molar-refractivity contribution is 0.268. The van der Waals surface area contributed by atoms with E-state index >= 15 is 0 Å². The van der Waals surface area contributed by atoms with Crippen molar-refractivity contribution in [2.75, 3.05) is 13.7 Å². The minimum absolute atomic E-state index is 0.0135. The summed E-state index contributed by atoms with van der Waals surface area (Å²) in [6.45, 7) is 0.411. The maximum Gasteiger partial charge on any atom is 0.141 e. The smallest absolute Gasteiger partial charge is 0.141 e. The summed E-state index contributed by atoms with van der Waals surface area (Å²) < 4.78 is 1.50. The molecule has 0 aliphatic carbocycles. The summed E-state index contributed by atoms with van der Waals surface area (Å²) in [6, 6.07) is 1.60. The van der Waals surface area contributed by atoms with E-state index in [2.05, 4.69) is 15.6 Å². The zero-order valence-electron chi connectivity index (χ0n) is 7.30. The van der Waals surface area contributed by atoms with E-state index in [0.29, 0.717) is 12.2 Å². The molecule has 2 N–H and O–H groups in total. The van der Waals surface area contributed by atoms with E-state index < -0.39 is 6.04 Å². The van der Waals surface area contributed by atoms with Gasteiger partial charge in [-0.2, -0.15) is 5.26 Å². The average molecular weight is 181 g/mol. The monoisotopic (exact) mass is 181 g/mol. The van der Waals surface area contributed by atoms with Gasteiger partial charge in [-0.05, 0) is 7.05 Å². The lowest BCUT2D eigenvalue weighted by Gasteiger charge is -2.00. The van der Waals surface area contributed by atoms with Gasteiger partial charge >= 0.3 is 0 Å². The lowest BCUT2D eigenvalue weighted by atomic mass is 10.2. The summed E-state index contributed by atoms with van der Waals surface area (Å²) in [7, 11) is 1.68. The zero-order valence-corrected chi connectivity index (χ0v) is 7.30. The van der Waals surface area contributed by atoms with Crippen LogP contribution >= 0.6 is 0 Å². The first-order valence-corrected chi connectivity index (χ1v) is 3.89. The van der Waals surface area contributed by atoms with Crippen molar-refractivity contribution < 1.29 is 5.11 Å². The second kappa shape index (κ2) is 4.54. The van der Waals surface area contributed by atoms with E-state index in [1.54, 1.807) is 13.2 Å². The molecule has 1 atom stereocenters. The summed E-state index contributed by atoms with van der Waals surface area (Å²) >= 11 is 0. The minimum Gasteiger partial charge on any atom is -0.394 e. The van der Waals surface area contributed by atoms with Crippen LogP contribution in [0.25, 0.3) is 0 Å². The Morgan fingerprint density at radius 2 is 2.62 bits per heavy atom. The molecule has 0 saturated heterocycles. The third-order valence-electron chi connectivity index (χ3n) is 1.60. The van der Waals surface area contributed by atoms with Crippen molar-refractivity contribution in [2.24, 2.45) is 0 Å². The van der Waals surface area contributed by atoms with Crippen LogP contribution in [0.5, 0.6) is 0 Å². The third-order valence-corrected chi connectivity index (χ3v) is 1.60. The molecule has 6 nitrogen and oxygen atoms in total. The van der Waals surface area contributed by atoms with Crippen LogP contribution in [0, 0.1) is 11.3 Å². The summed E-state index contributed by atoms with van der Waals surface area (Å²) in [6.07, 6.45) is 1.64. The van der Waals surface area contributed by atoms with Crippen LogP contribution in [-0.2, 0) is 6.54 Å². The Balaban J connectivity index is 2.73. The summed E-state index contributed by atoms with van der Waals surface area (Å²) in [5, 5.41) is 27.6. The zero-order chi connectivity index (χ0) is 9.68. The predicted octanol–water partition coefficient (Wildman–Crippen LogP) is -0.946. The number of hydrogen-bond donors (Lipinski definition) is 2. The fraction of sp³-hybridized carbons (Fsp3) is 0.571. The summed E-state index contributed by atoms with van der Waals surface area (Å²) in [4.78, 5) is 0. The largest absolute Gasteiger partial charge is 0.394 e. The Morgan fingerprint density at radius 3 is 3.15 bits per heavy atom. The molecule has 0 saturated carbocycles. The molecule has 0 spiro atoms. The SMILES string of the molecule is CNC(C#N)c1cn(CCO)nn1. The topological polar surface area (TPSA) is 86.8 Å². The molecule has 1 rings (SSSR count). The molecule has 1 aromatic heterocycles.